The molecule has 2 rings (SSSR count). The van der Waals surface area contributed by atoms with Crippen LogP contribution in [0.3, 0.4) is 0 Å². The van der Waals surface area contributed by atoms with Crippen molar-refractivity contribution in [1.82, 2.24) is 5.43 Å². The maximum atomic E-state index is 11.7. The molecule has 4 nitrogen and oxygen atoms in total. The number of methoxy groups -OCH3 is 1. The van der Waals surface area contributed by atoms with Crippen LogP contribution in [0.2, 0.25) is 0 Å². The number of hydrazone groups is 1. The molecular weight excluding hydrogens is 308 g/mol. The molecular formula is C18H20N2O2S. The number of amides is 1. The van der Waals surface area contributed by atoms with Crippen LogP contribution < -0.4 is 10.2 Å². The molecule has 0 bridgehead atoms. The maximum Gasteiger partial charge on any atom is 0.240 e. The molecule has 1 N–H and O–H groups in total. The van der Waals surface area contributed by atoms with Crippen LogP contribution >= 0.6 is 11.8 Å². The second-order valence-electron chi connectivity index (χ2n) is 4.98. The van der Waals surface area contributed by atoms with Gasteiger partial charge in [-0.1, -0.05) is 17.7 Å². The Balaban J connectivity index is 1.69. The van der Waals surface area contributed by atoms with Gasteiger partial charge in [0.15, 0.2) is 0 Å². The zero-order valence-electron chi connectivity index (χ0n) is 13.3. The maximum absolute atomic E-state index is 11.7. The van der Waals surface area contributed by atoms with Gasteiger partial charge in [-0.2, -0.15) is 5.10 Å². The first-order chi connectivity index (χ1) is 11.2. The van der Waals surface area contributed by atoms with Gasteiger partial charge in [-0.15, -0.1) is 11.8 Å². The van der Waals surface area contributed by atoms with Gasteiger partial charge in [0.05, 0.1) is 13.3 Å². The highest BCUT2D eigenvalue weighted by molar-refractivity contribution is 7.99. The quantitative estimate of drug-likeness (QED) is 0.480. The number of nitrogens with one attached hydrogen (secondary N) is 1. The third-order valence-corrected chi connectivity index (χ3v) is 4.15. The first-order valence-electron chi connectivity index (χ1n) is 7.33. The zero-order chi connectivity index (χ0) is 16.5. The van der Waals surface area contributed by atoms with Crippen LogP contribution in [0, 0.1) is 6.92 Å². The average Bonchev–Trinajstić information content (AvgIpc) is 2.57. The minimum atomic E-state index is -0.0885. The third-order valence-electron chi connectivity index (χ3n) is 3.14. The summed E-state index contributed by atoms with van der Waals surface area (Å²) in [6, 6.07) is 15.7. The summed E-state index contributed by atoms with van der Waals surface area (Å²) in [4.78, 5) is 12.9. The fourth-order valence-electron chi connectivity index (χ4n) is 1.82. The highest BCUT2D eigenvalue weighted by Gasteiger charge is 2.00. The van der Waals surface area contributed by atoms with Gasteiger partial charge in [-0.3, -0.25) is 4.79 Å². The molecule has 23 heavy (non-hydrogen) atoms. The summed E-state index contributed by atoms with van der Waals surface area (Å²) in [5.41, 5.74) is 4.68. The molecule has 0 saturated heterocycles. The second-order valence-corrected chi connectivity index (χ2v) is 6.15. The average molecular weight is 328 g/mol. The summed E-state index contributed by atoms with van der Waals surface area (Å²) in [6.45, 7) is 2.06. The van der Waals surface area contributed by atoms with E-state index in [1.54, 1.807) is 25.1 Å². The van der Waals surface area contributed by atoms with E-state index >= 15 is 0 Å². The summed E-state index contributed by atoms with van der Waals surface area (Å²) >= 11 is 1.66. The summed E-state index contributed by atoms with van der Waals surface area (Å²) in [5.74, 6) is 1.43. The molecule has 0 radical (unpaired) electrons. The van der Waals surface area contributed by atoms with Gasteiger partial charge in [-0.25, -0.2) is 5.43 Å². The summed E-state index contributed by atoms with van der Waals surface area (Å²) in [6.07, 6.45) is 2.04. The van der Waals surface area contributed by atoms with Crippen LogP contribution in [-0.4, -0.2) is 25.0 Å². The Kier molecular flexibility index (Phi) is 6.69. The molecule has 0 aromatic heterocycles. The van der Waals surface area contributed by atoms with Crippen LogP contribution in [0.15, 0.2) is 58.5 Å². The summed E-state index contributed by atoms with van der Waals surface area (Å²) < 4.78 is 5.08. The number of hydrogen-bond acceptors (Lipinski definition) is 4. The normalized spacial score (nSPS) is 10.7. The second kappa shape index (κ2) is 9.00. The van der Waals surface area contributed by atoms with Crippen LogP contribution in [0.4, 0.5) is 0 Å². The molecule has 0 heterocycles. The molecule has 5 heteroatoms. The third kappa shape index (κ3) is 6.16. The minimum Gasteiger partial charge on any atom is -0.497 e. The van der Waals surface area contributed by atoms with E-state index in [-0.39, 0.29) is 5.91 Å². The Hall–Kier alpha value is -2.27. The molecule has 0 unspecified atom stereocenters. The predicted octanol–water partition coefficient (Wildman–Crippen LogP) is 3.64. The minimum absolute atomic E-state index is 0.0885. The van der Waals surface area contributed by atoms with Crippen LogP contribution in [0.25, 0.3) is 0 Å². The Bertz CT molecular complexity index is 652. The Morgan fingerprint density at radius 1 is 1.17 bits per heavy atom. The van der Waals surface area contributed by atoms with Crippen LogP contribution in [0.1, 0.15) is 17.5 Å². The highest BCUT2D eigenvalue weighted by atomic mass is 32.2. The van der Waals surface area contributed by atoms with Gasteiger partial charge < -0.3 is 4.74 Å². The van der Waals surface area contributed by atoms with Gasteiger partial charge in [0.1, 0.15) is 5.75 Å². The monoisotopic (exact) mass is 328 g/mol. The van der Waals surface area contributed by atoms with Crippen molar-refractivity contribution in [3.8, 4) is 5.75 Å². The lowest BCUT2D eigenvalue weighted by atomic mass is 10.2. The van der Waals surface area contributed by atoms with E-state index in [9.17, 15) is 4.79 Å². The Labute approximate surface area is 140 Å². The standard InChI is InChI=1S/C18H20N2O2S/c1-14-3-9-17(10-4-14)23-12-11-18(21)20-19-13-15-5-7-16(22-2)8-6-15/h3-10,13H,11-12H2,1-2H3,(H,20,21)/b19-13-. The molecule has 0 fully saturated rings. The molecule has 0 aliphatic heterocycles. The predicted molar refractivity (Wildman–Crippen MR) is 95.3 cm³/mol. The zero-order valence-corrected chi connectivity index (χ0v) is 14.1. The lowest BCUT2D eigenvalue weighted by molar-refractivity contribution is -0.120. The largest absolute Gasteiger partial charge is 0.497 e. The fraction of sp³-hybridized carbons (Fsp3) is 0.222. The first-order valence-corrected chi connectivity index (χ1v) is 8.31. The number of nitrogens with zero attached hydrogens (tertiary/aromatic N) is 1. The van der Waals surface area contributed by atoms with E-state index in [4.69, 9.17) is 4.74 Å². The summed E-state index contributed by atoms with van der Waals surface area (Å²) in [7, 11) is 1.62. The SMILES string of the molecule is COc1ccc(/C=N\NC(=O)CCSc2ccc(C)cc2)cc1. The molecule has 0 aliphatic carbocycles. The van der Waals surface area contributed by atoms with Crippen LogP contribution in [-0.2, 0) is 4.79 Å². The van der Waals surface area contributed by atoms with Crippen molar-refractivity contribution < 1.29 is 9.53 Å². The number of rotatable bonds is 7. The molecule has 0 aliphatic rings. The van der Waals surface area contributed by atoms with Crippen LogP contribution in [0.5, 0.6) is 5.75 Å². The molecule has 2 aromatic carbocycles. The first kappa shape index (κ1) is 17.1. The molecule has 0 atom stereocenters. The van der Waals surface area contributed by atoms with Gasteiger partial charge in [0, 0.05) is 17.1 Å². The van der Waals surface area contributed by atoms with E-state index in [1.807, 2.05) is 24.3 Å². The molecule has 1 amide bonds. The number of benzene rings is 2. The van der Waals surface area contributed by atoms with Crippen molar-refractivity contribution in [3.05, 3.63) is 59.7 Å². The topological polar surface area (TPSA) is 50.7 Å². The van der Waals surface area contributed by atoms with Crippen molar-refractivity contribution in [1.29, 1.82) is 0 Å². The van der Waals surface area contributed by atoms with Gasteiger partial charge >= 0.3 is 0 Å². The van der Waals surface area contributed by atoms with Crippen molar-refractivity contribution in [2.45, 2.75) is 18.2 Å². The lowest BCUT2D eigenvalue weighted by Crippen LogP contribution is -2.17. The van der Waals surface area contributed by atoms with Crippen molar-refractivity contribution >= 4 is 23.9 Å². The smallest absolute Gasteiger partial charge is 0.240 e. The van der Waals surface area contributed by atoms with Gasteiger partial charge in [0.2, 0.25) is 5.91 Å². The number of ether oxygens (including phenoxy) is 1. The van der Waals surface area contributed by atoms with Crippen molar-refractivity contribution in [2.75, 3.05) is 12.9 Å². The lowest BCUT2D eigenvalue weighted by Gasteiger charge is -2.02. The number of aryl methyl sites for hydroxylation is 1. The van der Waals surface area contributed by atoms with E-state index in [2.05, 4.69) is 41.7 Å². The summed E-state index contributed by atoms with van der Waals surface area (Å²) in [5, 5.41) is 3.96. The van der Waals surface area contributed by atoms with Crippen molar-refractivity contribution in [2.24, 2.45) is 5.10 Å². The van der Waals surface area contributed by atoms with E-state index < -0.39 is 0 Å². The van der Waals surface area contributed by atoms with E-state index in [1.165, 1.54) is 10.5 Å². The Morgan fingerprint density at radius 3 is 2.52 bits per heavy atom. The molecule has 0 spiro atoms. The van der Waals surface area contributed by atoms with Gasteiger partial charge in [-0.05, 0) is 48.9 Å². The number of carbonyl (C=O) groups excluding carboxylic acids is 1. The van der Waals surface area contributed by atoms with E-state index in [0.717, 1.165) is 17.1 Å². The number of carbonyl (C=O) groups is 1. The molecule has 2 aromatic rings. The highest BCUT2D eigenvalue weighted by Crippen LogP contribution is 2.18. The Morgan fingerprint density at radius 2 is 1.87 bits per heavy atom. The van der Waals surface area contributed by atoms with Crippen molar-refractivity contribution in [3.63, 3.8) is 0 Å². The number of thioether (sulfide) groups is 1. The fourth-order valence-corrected chi connectivity index (χ4v) is 2.67. The molecule has 0 saturated carbocycles. The van der Waals surface area contributed by atoms with E-state index in [0.29, 0.717) is 6.42 Å². The number of hydrogen-bond donors (Lipinski definition) is 1. The van der Waals surface area contributed by atoms with Gasteiger partial charge in [0.25, 0.3) is 0 Å². The molecule has 120 valence electrons.